The quantitative estimate of drug-likeness (QED) is 0.603. The zero-order valence-corrected chi connectivity index (χ0v) is 19.0. The maximum absolute atomic E-state index is 6.70. The molecule has 4 rings (SSSR count). The number of hydrogen-bond donors (Lipinski definition) is 0. The number of ether oxygens (including phenoxy) is 1. The second-order valence-electron chi connectivity index (χ2n) is 8.69. The van der Waals surface area contributed by atoms with Gasteiger partial charge in [-0.15, -0.1) is 0 Å². The highest BCUT2D eigenvalue weighted by molar-refractivity contribution is 5.77. The van der Waals surface area contributed by atoms with E-state index in [0.717, 1.165) is 25.0 Å². The van der Waals surface area contributed by atoms with E-state index in [-0.39, 0.29) is 6.23 Å². The molecule has 0 saturated carbocycles. The molecule has 2 aliphatic rings. The number of benzene rings is 2. The third-order valence-electron chi connectivity index (χ3n) is 5.71. The van der Waals surface area contributed by atoms with Crippen LogP contribution < -0.4 is 0 Å². The van der Waals surface area contributed by atoms with Crippen molar-refractivity contribution in [3.8, 4) is 0 Å². The molecule has 0 radical (unpaired) electrons. The normalized spacial score (nSPS) is 20.4. The van der Waals surface area contributed by atoms with Crippen molar-refractivity contribution in [1.29, 1.82) is 0 Å². The number of hydrogen-bond acceptors (Lipinski definition) is 3. The molecule has 31 heavy (non-hydrogen) atoms. The lowest BCUT2D eigenvalue weighted by Gasteiger charge is -2.36. The van der Waals surface area contributed by atoms with Crippen LogP contribution >= 0.6 is 0 Å². The third-order valence-corrected chi connectivity index (χ3v) is 5.71. The second kappa shape index (κ2) is 9.40. The van der Waals surface area contributed by atoms with Crippen LogP contribution in [-0.2, 0) is 4.74 Å². The first kappa shape index (κ1) is 21.2. The monoisotopic (exact) mass is 412 g/mol. The van der Waals surface area contributed by atoms with Gasteiger partial charge in [0.15, 0.2) is 6.23 Å². The van der Waals surface area contributed by atoms with E-state index in [1.54, 1.807) is 0 Å². The van der Waals surface area contributed by atoms with Crippen LogP contribution in [0, 0.1) is 0 Å². The first-order valence-electron chi connectivity index (χ1n) is 11.0. The number of rotatable bonds is 5. The molecule has 160 valence electrons. The Kier molecular flexibility index (Phi) is 6.43. The minimum Gasteiger partial charge on any atom is -0.470 e. The molecular weight excluding hydrogens is 380 g/mol. The SMILES string of the molecule is CN(C)/C=C(\C=C1\CCCC2=C1O[C@H](N(C)C)C(c1ccccc1)=C2)c1ccccc1. The van der Waals surface area contributed by atoms with Crippen LogP contribution in [0.3, 0.4) is 0 Å². The number of allylic oxidation sites excluding steroid dienone is 5. The molecule has 0 fully saturated rings. The number of likely N-dealkylation sites (N-methyl/N-ethyl adjacent to an activating group) is 1. The standard InChI is InChI=1S/C28H32N2O/c1-29(2)20-25(21-12-7-5-8-13-21)18-23-16-11-17-24-19-26(22-14-9-6-10-15-22)28(30(3)4)31-27(23)24/h5-10,12-15,18-20,28H,11,16-17H2,1-4H3/b23-18-,25-20+/t28-/m0/s1. The van der Waals surface area contributed by atoms with Crippen LogP contribution in [0.25, 0.3) is 11.1 Å². The van der Waals surface area contributed by atoms with E-state index in [2.05, 4.69) is 117 Å². The summed E-state index contributed by atoms with van der Waals surface area (Å²) < 4.78 is 6.70. The average Bonchev–Trinajstić information content (AvgIpc) is 2.79. The predicted molar refractivity (Wildman–Crippen MR) is 130 cm³/mol. The van der Waals surface area contributed by atoms with Crippen molar-refractivity contribution in [2.75, 3.05) is 28.2 Å². The minimum atomic E-state index is -0.0966. The van der Waals surface area contributed by atoms with Crippen molar-refractivity contribution in [3.63, 3.8) is 0 Å². The van der Waals surface area contributed by atoms with E-state index in [9.17, 15) is 0 Å². The lowest BCUT2D eigenvalue weighted by Crippen LogP contribution is -2.34. The number of nitrogens with zero attached hydrogens (tertiary/aromatic N) is 2. The summed E-state index contributed by atoms with van der Waals surface area (Å²) >= 11 is 0. The summed E-state index contributed by atoms with van der Waals surface area (Å²) in [6.07, 6.45) is 10.0. The highest BCUT2D eigenvalue weighted by atomic mass is 16.5. The molecule has 0 aromatic heterocycles. The molecule has 1 aliphatic heterocycles. The van der Waals surface area contributed by atoms with E-state index in [1.165, 1.54) is 33.4 Å². The summed E-state index contributed by atoms with van der Waals surface area (Å²) in [7, 11) is 8.31. The van der Waals surface area contributed by atoms with Crippen molar-refractivity contribution in [2.45, 2.75) is 25.5 Å². The Morgan fingerprint density at radius 1 is 0.903 bits per heavy atom. The first-order valence-corrected chi connectivity index (χ1v) is 11.0. The topological polar surface area (TPSA) is 15.7 Å². The van der Waals surface area contributed by atoms with Gasteiger partial charge in [-0.1, -0.05) is 60.7 Å². The minimum absolute atomic E-state index is 0.0966. The van der Waals surface area contributed by atoms with Gasteiger partial charge in [0.2, 0.25) is 0 Å². The van der Waals surface area contributed by atoms with Crippen LogP contribution in [0.4, 0.5) is 0 Å². The van der Waals surface area contributed by atoms with Crippen molar-refractivity contribution in [2.24, 2.45) is 0 Å². The highest BCUT2D eigenvalue weighted by Crippen LogP contribution is 2.41. The highest BCUT2D eigenvalue weighted by Gasteiger charge is 2.30. The Morgan fingerprint density at radius 2 is 1.58 bits per heavy atom. The van der Waals surface area contributed by atoms with E-state index in [1.807, 2.05) is 0 Å². The summed E-state index contributed by atoms with van der Waals surface area (Å²) in [6.45, 7) is 0. The van der Waals surface area contributed by atoms with E-state index < -0.39 is 0 Å². The Labute approximate surface area is 186 Å². The molecule has 0 bridgehead atoms. The zero-order valence-electron chi connectivity index (χ0n) is 19.0. The Hall–Kier alpha value is -3.04. The average molecular weight is 413 g/mol. The van der Waals surface area contributed by atoms with Crippen LogP contribution in [0.2, 0.25) is 0 Å². The maximum Gasteiger partial charge on any atom is 0.179 e. The molecule has 0 unspecified atom stereocenters. The fourth-order valence-corrected chi connectivity index (χ4v) is 4.30. The van der Waals surface area contributed by atoms with E-state index >= 15 is 0 Å². The Balaban J connectivity index is 1.78. The van der Waals surface area contributed by atoms with Crippen LogP contribution in [0.15, 0.2) is 95.9 Å². The molecule has 2 aromatic rings. The van der Waals surface area contributed by atoms with Gasteiger partial charge in [-0.05, 0) is 73.4 Å². The van der Waals surface area contributed by atoms with Crippen LogP contribution in [0.1, 0.15) is 30.4 Å². The summed E-state index contributed by atoms with van der Waals surface area (Å²) in [4.78, 5) is 4.26. The molecule has 1 aliphatic carbocycles. The molecular formula is C28H32N2O. The predicted octanol–water partition coefficient (Wildman–Crippen LogP) is 5.96. The molecule has 1 heterocycles. The first-order chi connectivity index (χ1) is 15.0. The van der Waals surface area contributed by atoms with Crippen molar-refractivity contribution < 1.29 is 4.74 Å². The van der Waals surface area contributed by atoms with Crippen molar-refractivity contribution in [1.82, 2.24) is 9.80 Å². The smallest absolute Gasteiger partial charge is 0.179 e. The van der Waals surface area contributed by atoms with Crippen LogP contribution in [0.5, 0.6) is 0 Å². The van der Waals surface area contributed by atoms with Crippen molar-refractivity contribution in [3.05, 3.63) is 107 Å². The zero-order chi connectivity index (χ0) is 21.8. The fraction of sp³-hybridized carbons (Fsp3) is 0.286. The van der Waals surface area contributed by atoms with E-state index in [0.29, 0.717) is 0 Å². The van der Waals surface area contributed by atoms with Gasteiger partial charge in [-0.25, -0.2) is 0 Å². The van der Waals surface area contributed by atoms with Crippen molar-refractivity contribution >= 4 is 11.1 Å². The molecule has 0 amide bonds. The van der Waals surface area contributed by atoms with Gasteiger partial charge in [0.1, 0.15) is 5.76 Å². The van der Waals surface area contributed by atoms with Gasteiger partial charge in [-0.2, -0.15) is 0 Å². The molecule has 0 spiro atoms. The second-order valence-corrected chi connectivity index (χ2v) is 8.69. The Bertz CT molecular complexity index is 1030. The molecule has 0 N–H and O–H groups in total. The molecule has 3 heteroatoms. The van der Waals surface area contributed by atoms with Gasteiger partial charge >= 0.3 is 0 Å². The van der Waals surface area contributed by atoms with Gasteiger partial charge < -0.3 is 9.64 Å². The summed E-state index contributed by atoms with van der Waals surface area (Å²) in [6, 6.07) is 21.2. The van der Waals surface area contributed by atoms with Gasteiger partial charge in [-0.3, -0.25) is 4.90 Å². The van der Waals surface area contributed by atoms with Gasteiger partial charge in [0.05, 0.1) is 0 Å². The third kappa shape index (κ3) is 4.83. The van der Waals surface area contributed by atoms with Gasteiger partial charge in [0, 0.05) is 25.9 Å². The lowest BCUT2D eigenvalue weighted by molar-refractivity contribution is 0.0503. The maximum atomic E-state index is 6.70. The molecule has 0 saturated heterocycles. The molecule has 1 atom stereocenters. The summed E-state index contributed by atoms with van der Waals surface area (Å²) in [5.74, 6) is 1.06. The summed E-state index contributed by atoms with van der Waals surface area (Å²) in [5.41, 5.74) is 7.48. The lowest BCUT2D eigenvalue weighted by atomic mass is 9.87. The molecule has 3 nitrogen and oxygen atoms in total. The fourth-order valence-electron chi connectivity index (χ4n) is 4.30. The van der Waals surface area contributed by atoms with E-state index in [4.69, 9.17) is 4.74 Å². The largest absolute Gasteiger partial charge is 0.470 e. The molecule has 2 aromatic carbocycles. The Morgan fingerprint density at radius 3 is 2.23 bits per heavy atom. The van der Waals surface area contributed by atoms with Crippen LogP contribution in [-0.4, -0.2) is 44.2 Å². The summed E-state index contributed by atoms with van der Waals surface area (Å²) in [5, 5.41) is 0. The van der Waals surface area contributed by atoms with Gasteiger partial charge in [0.25, 0.3) is 0 Å².